The summed E-state index contributed by atoms with van der Waals surface area (Å²) in [5.74, 6) is 1.27. The van der Waals surface area contributed by atoms with Crippen molar-refractivity contribution in [2.24, 2.45) is 0 Å². The van der Waals surface area contributed by atoms with Crippen LogP contribution in [-0.4, -0.2) is 19.1 Å². The standard InChI is InChI=1S/C19H19ClN2O/c1-21-16-9-12(11-5-3-8-17(23-2)19(11)16)13-10-22-15-7-4-6-14(20)18(13)15/h3-8,10,12,16,21-22H,9H2,1-2H3. The van der Waals surface area contributed by atoms with Gasteiger partial charge in [-0.15, -0.1) is 0 Å². The van der Waals surface area contributed by atoms with Crippen LogP contribution in [0, 0.1) is 0 Å². The highest BCUT2D eigenvalue weighted by Crippen LogP contribution is 2.49. The van der Waals surface area contributed by atoms with Gasteiger partial charge in [-0.05, 0) is 42.8 Å². The number of benzene rings is 2. The molecule has 1 heterocycles. The van der Waals surface area contributed by atoms with Gasteiger partial charge >= 0.3 is 0 Å². The van der Waals surface area contributed by atoms with Crippen molar-refractivity contribution in [1.29, 1.82) is 0 Å². The van der Waals surface area contributed by atoms with Gasteiger partial charge in [0, 0.05) is 34.6 Å². The molecule has 2 atom stereocenters. The summed E-state index contributed by atoms with van der Waals surface area (Å²) in [5.41, 5.74) is 4.94. The first-order valence-electron chi connectivity index (χ1n) is 7.84. The molecule has 0 aliphatic heterocycles. The molecule has 2 unspecified atom stereocenters. The molecule has 1 aromatic heterocycles. The number of aromatic amines is 1. The third-order valence-electron chi connectivity index (χ3n) is 4.92. The first-order valence-corrected chi connectivity index (χ1v) is 8.22. The third-order valence-corrected chi connectivity index (χ3v) is 5.24. The van der Waals surface area contributed by atoms with E-state index in [0.717, 1.165) is 28.1 Å². The van der Waals surface area contributed by atoms with Crippen LogP contribution in [-0.2, 0) is 0 Å². The van der Waals surface area contributed by atoms with Crippen LogP contribution in [0.15, 0.2) is 42.6 Å². The zero-order valence-corrected chi connectivity index (χ0v) is 13.9. The largest absolute Gasteiger partial charge is 0.496 e. The summed E-state index contributed by atoms with van der Waals surface area (Å²) in [5, 5.41) is 5.36. The Kier molecular flexibility index (Phi) is 3.55. The topological polar surface area (TPSA) is 37.0 Å². The van der Waals surface area contributed by atoms with Crippen molar-refractivity contribution in [3.8, 4) is 5.75 Å². The number of fused-ring (bicyclic) bond motifs is 2. The van der Waals surface area contributed by atoms with E-state index in [-0.39, 0.29) is 0 Å². The number of rotatable bonds is 3. The molecule has 1 aliphatic rings. The molecule has 2 N–H and O–H groups in total. The number of aromatic nitrogens is 1. The Hall–Kier alpha value is -1.97. The SMILES string of the molecule is CNC1CC(c2c[nH]c3cccc(Cl)c23)c2cccc(OC)c21. The molecule has 1 aliphatic carbocycles. The van der Waals surface area contributed by atoms with Gasteiger partial charge in [0.15, 0.2) is 0 Å². The second-order valence-corrected chi connectivity index (χ2v) is 6.41. The molecule has 0 saturated carbocycles. The normalized spacial score (nSPS) is 20.0. The monoisotopic (exact) mass is 326 g/mol. The molecule has 118 valence electrons. The molecule has 0 bridgehead atoms. The average molecular weight is 327 g/mol. The second-order valence-electron chi connectivity index (χ2n) is 6.00. The van der Waals surface area contributed by atoms with E-state index in [1.54, 1.807) is 7.11 Å². The highest BCUT2D eigenvalue weighted by molar-refractivity contribution is 6.35. The summed E-state index contributed by atoms with van der Waals surface area (Å²) in [6.45, 7) is 0. The zero-order chi connectivity index (χ0) is 16.0. The molecular formula is C19H19ClN2O. The summed E-state index contributed by atoms with van der Waals surface area (Å²) < 4.78 is 5.59. The van der Waals surface area contributed by atoms with Gasteiger partial charge in [0.05, 0.1) is 12.1 Å². The molecule has 0 saturated heterocycles. The van der Waals surface area contributed by atoms with Gasteiger partial charge in [-0.25, -0.2) is 0 Å². The van der Waals surface area contributed by atoms with Crippen LogP contribution in [0.2, 0.25) is 5.02 Å². The van der Waals surface area contributed by atoms with Crippen molar-refractivity contribution in [2.45, 2.75) is 18.4 Å². The Morgan fingerprint density at radius 3 is 2.78 bits per heavy atom. The molecule has 4 rings (SSSR count). The second kappa shape index (κ2) is 5.59. The summed E-state index contributed by atoms with van der Waals surface area (Å²) in [7, 11) is 3.74. The lowest BCUT2D eigenvalue weighted by Crippen LogP contribution is -2.14. The van der Waals surface area contributed by atoms with E-state index in [4.69, 9.17) is 16.3 Å². The Balaban J connectivity index is 1.92. The lowest BCUT2D eigenvalue weighted by atomic mass is 9.92. The van der Waals surface area contributed by atoms with Crippen molar-refractivity contribution >= 4 is 22.5 Å². The minimum absolute atomic E-state index is 0.290. The van der Waals surface area contributed by atoms with Gasteiger partial charge in [-0.3, -0.25) is 0 Å². The van der Waals surface area contributed by atoms with E-state index in [9.17, 15) is 0 Å². The van der Waals surface area contributed by atoms with Crippen LogP contribution >= 0.6 is 11.6 Å². The quantitative estimate of drug-likeness (QED) is 0.736. The lowest BCUT2D eigenvalue weighted by molar-refractivity contribution is 0.403. The Morgan fingerprint density at radius 1 is 1.17 bits per heavy atom. The maximum absolute atomic E-state index is 6.48. The van der Waals surface area contributed by atoms with E-state index in [2.05, 4.69) is 34.7 Å². The number of ether oxygens (including phenoxy) is 1. The van der Waals surface area contributed by atoms with Crippen LogP contribution < -0.4 is 10.1 Å². The van der Waals surface area contributed by atoms with Crippen molar-refractivity contribution in [1.82, 2.24) is 10.3 Å². The average Bonchev–Trinajstić information content (AvgIpc) is 3.16. The van der Waals surface area contributed by atoms with Crippen LogP contribution in [0.25, 0.3) is 10.9 Å². The first kappa shape index (κ1) is 14.6. The molecule has 0 fully saturated rings. The number of methoxy groups -OCH3 is 1. The third kappa shape index (κ3) is 2.15. The maximum Gasteiger partial charge on any atom is 0.123 e. The van der Waals surface area contributed by atoms with Crippen LogP contribution in [0.1, 0.15) is 35.1 Å². The van der Waals surface area contributed by atoms with Crippen LogP contribution in [0.5, 0.6) is 5.75 Å². The molecule has 4 heteroatoms. The fraction of sp³-hybridized carbons (Fsp3) is 0.263. The van der Waals surface area contributed by atoms with E-state index in [1.807, 2.05) is 25.2 Å². The number of nitrogens with one attached hydrogen (secondary N) is 2. The van der Waals surface area contributed by atoms with Gasteiger partial charge in [0.2, 0.25) is 0 Å². The van der Waals surface area contributed by atoms with Crippen LogP contribution in [0.3, 0.4) is 0 Å². The van der Waals surface area contributed by atoms with Crippen molar-refractivity contribution < 1.29 is 4.74 Å². The Labute approximate surface area is 140 Å². The number of hydrogen-bond acceptors (Lipinski definition) is 2. The molecule has 0 radical (unpaired) electrons. The predicted octanol–water partition coefficient (Wildman–Crippen LogP) is 4.63. The van der Waals surface area contributed by atoms with E-state index in [1.165, 1.54) is 16.7 Å². The molecule has 2 aromatic carbocycles. The minimum atomic E-state index is 0.290. The smallest absolute Gasteiger partial charge is 0.123 e. The van der Waals surface area contributed by atoms with Gasteiger partial charge in [0.25, 0.3) is 0 Å². The molecule has 0 amide bonds. The molecule has 0 spiro atoms. The minimum Gasteiger partial charge on any atom is -0.496 e. The first-order chi connectivity index (χ1) is 11.2. The zero-order valence-electron chi connectivity index (χ0n) is 13.2. The van der Waals surface area contributed by atoms with Crippen LogP contribution in [0.4, 0.5) is 0 Å². The number of H-pyrrole nitrogens is 1. The van der Waals surface area contributed by atoms with Gasteiger partial charge < -0.3 is 15.0 Å². The van der Waals surface area contributed by atoms with Crippen molar-refractivity contribution in [2.75, 3.05) is 14.2 Å². The predicted molar refractivity (Wildman–Crippen MR) is 94.6 cm³/mol. The maximum atomic E-state index is 6.48. The van der Waals surface area contributed by atoms with Gasteiger partial charge in [-0.2, -0.15) is 0 Å². The summed E-state index contributed by atoms with van der Waals surface area (Å²) in [4.78, 5) is 3.36. The lowest BCUT2D eigenvalue weighted by Gasteiger charge is -2.13. The van der Waals surface area contributed by atoms with Crippen molar-refractivity contribution in [3.63, 3.8) is 0 Å². The van der Waals surface area contributed by atoms with Gasteiger partial charge in [-0.1, -0.05) is 29.8 Å². The summed E-state index contributed by atoms with van der Waals surface area (Å²) in [6, 6.07) is 12.6. The fourth-order valence-electron chi connectivity index (χ4n) is 3.89. The summed E-state index contributed by atoms with van der Waals surface area (Å²) >= 11 is 6.48. The van der Waals surface area contributed by atoms with Gasteiger partial charge in [0.1, 0.15) is 5.75 Å². The van der Waals surface area contributed by atoms with Crippen molar-refractivity contribution in [3.05, 3.63) is 64.3 Å². The number of hydrogen-bond donors (Lipinski definition) is 2. The Bertz CT molecular complexity index is 871. The van der Waals surface area contributed by atoms with E-state index in [0.29, 0.717) is 12.0 Å². The van der Waals surface area contributed by atoms with E-state index >= 15 is 0 Å². The van der Waals surface area contributed by atoms with E-state index < -0.39 is 0 Å². The molecule has 23 heavy (non-hydrogen) atoms. The molecule has 3 nitrogen and oxygen atoms in total. The molecule has 3 aromatic rings. The highest BCUT2D eigenvalue weighted by atomic mass is 35.5. The highest BCUT2D eigenvalue weighted by Gasteiger charge is 2.35. The summed E-state index contributed by atoms with van der Waals surface area (Å²) in [6.07, 6.45) is 3.10. The fourth-order valence-corrected chi connectivity index (χ4v) is 4.18. The molecular weight excluding hydrogens is 308 g/mol. The Morgan fingerprint density at radius 2 is 2.00 bits per heavy atom. The number of halogens is 1.